The first-order valence-corrected chi connectivity index (χ1v) is 6.04. The van der Waals surface area contributed by atoms with Crippen LogP contribution in [-0.2, 0) is 13.0 Å². The van der Waals surface area contributed by atoms with Gasteiger partial charge < -0.3 is 10.1 Å². The topological polar surface area (TPSA) is 86.7 Å². The molecule has 0 spiro atoms. The van der Waals surface area contributed by atoms with Crippen LogP contribution in [0.15, 0.2) is 11.7 Å². The molecule has 2 heterocycles. The average molecular weight is 253 g/mol. The smallest absolute Gasteiger partial charge is 0.390 e. The Balaban J connectivity index is 2.05. The Morgan fingerprint density at radius 1 is 1.59 bits per heavy atom. The first kappa shape index (κ1) is 11.6. The third kappa shape index (κ3) is 2.84. The van der Waals surface area contributed by atoms with Gasteiger partial charge in [0.15, 0.2) is 0 Å². The average Bonchev–Trinajstić information content (AvgIpc) is 2.89. The molecule has 0 saturated heterocycles. The molecule has 0 radical (unpaired) electrons. The summed E-state index contributed by atoms with van der Waals surface area (Å²) < 4.78 is 1.42. The molecule has 0 aliphatic carbocycles. The van der Waals surface area contributed by atoms with E-state index in [4.69, 9.17) is 0 Å². The van der Waals surface area contributed by atoms with Gasteiger partial charge in [-0.25, -0.2) is 4.98 Å². The van der Waals surface area contributed by atoms with E-state index in [1.807, 2.05) is 5.38 Å². The lowest BCUT2D eigenvalue weighted by Crippen LogP contribution is -2.01. The minimum absolute atomic E-state index is 0.381. The number of thiazole rings is 1. The second-order valence-corrected chi connectivity index (χ2v) is 4.42. The molecule has 0 saturated carbocycles. The van der Waals surface area contributed by atoms with Crippen LogP contribution in [-0.4, -0.2) is 24.7 Å². The van der Waals surface area contributed by atoms with Gasteiger partial charge in [-0.1, -0.05) is 11.9 Å². The predicted molar refractivity (Wildman–Crippen MR) is 61.9 cm³/mol. The molecule has 0 bridgehead atoms. The molecule has 0 aromatic carbocycles. The molecule has 0 aliphatic heterocycles. The molecule has 0 unspecified atom stereocenters. The highest BCUT2D eigenvalue weighted by molar-refractivity contribution is 7.09. The Morgan fingerprint density at radius 2 is 2.41 bits per heavy atom. The normalized spacial score (nSPS) is 10.6. The number of aryl methyl sites for hydroxylation is 1. The van der Waals surface area contributed by atoms with Crippen molar-refractivity contribution in [2.75, 3.05) is 0 Å². The first-order chi connectivity index (χ1) is 8.19. The van der Waals surface area contributed by atoms with Crippen molar-refractivity contribution < 1.29 is 4.92 Å². The third-order valence-corrected chi connectivity index (χ3v) is 3.03. The van der Waals surface area contributed by atoms with E-state index in [2.05, 4.69) is 22.0 Å². The van der Waals surface area contributed by atoms with E-state index in [-0.39, 0.29) is 5.95 Å². The van der Waals surface area contributed by atoms with E-state index in [0.29, 0.717) is 6.54 Å². The Bertz CT molecular complexity index is 521. The minimum atomic E-state index is -0.611. The molecule has 7 nitrogen and oxygen atoms in total. The highest BCUT2D eigenvalue weighted by Crippen LogP contribution is 2.12. The van der Waals surface area contributed by atoms with Crippen LogP contribution in [0.1, 0.15) is 24.0 Å². The summed E-state index contributed by atoms with van der Waals surface area (Å²) in [5, 5.41) is 17.2. The van der Waals surface area contributed by atoms with E-state index >= 15 is 0 Å². The molecule has 90 valence electrons. The van der Waals surface area contributed by atoms with Crippen molar-refractivity contribution in [3.05, 3.63) is 32.5 Å². The van der Waals surface area contributed by atoms with Crippen LogP contribution in [0.4, 0.5) is 5.95 Å². The molecular weight excluding hydrogens is 242 g/mol. The zero-order chi connectivity index (χ0) is 12.3. The van der Waals surface area contributed by atoms with Crippen molar-refractivity contribution in [2.45, 2.75) is 26.3 Å². The number of hydrogen-bond donors (Lipinski definition) is 0. The number of nitro groups is 1. The molecule has 0 N–H and O–H groups in total. The van der Waals surface area contributed by atoms with Crippen molar-refractivity contribution >= 4 is 17.3 Å². The fraction of sp³-hybridized carbons (Fsp3) is 0.444. The fourth-order valence-corrected chi connectivity index (χ4v) is 2.25. The van der Waals surface area contributed by atoms with Gasteiger partial charge in [-0.05, 0) is 17.8 Å². The Labute approximate surface area is 101 Å². The van der Waals surface area contributed by atoms with Crippen LogP contribution in [0, 0.1) is 10.1 Å². The number of hydrogen-bond acceptors (Lipinski definition) is 6. The van der Waals surface area contributed by atoms with E-state index in [0.717, 1.165) is 23.5 Å². The highest BCUT2D eigenvalue weighted by atomic mass is 32.1. The first-order valence-electron chi connectivity index (χ1n) is 5.16. The lowest BCUT2D eigenvalue weighted by Gasteiger charge is -1.91. The van der Waals surface area contributed by atoms with E-state index < -0.39 is 4.92 Å². The van der Waals surface area contributed by atoms with Gasteiger partial charge in [-0.2, -0.15) is 4.68 Å². The van der Waals surface area contributed by atoms with Gasteiger partial charge in [-0.3, -0.25) is 0 Å². The summed E-state index contributed by atoms with van der Waals surface area (Å²) in [4.78, 5) is 17.8. The summed E-state index contributed by atoms with van der Waals surface area (Å²) in [5.74, 6) is -0.381. The zero-order valence-corrected chi connectivity index (χ0v) is 10.1. The van der Waals surface area contributed by atoms with Crippen LogP contribution in [0.3, 0.4) is 0 Å². The summed E-state index contributed by atoms with van der Waals surface area (Å²) in [6.45, 7) is 2.52. The quantitative estimate of drug-likeness (QED) is 0.597. The van der Waals surface area contributed by atoms with Crippen LogP contribution in [0.2, 0.25) is 0 Å². The maximum Gasteiger partial charge on any atom is 0.490 e. The van der Waals surface area contributed by atoms with Gasteiger partial charge >= 0.3 is 5.95 Å². The Morgan fingerprint density at radius 3 is 3.06 bits per heavy atom. The highest BCUT2D eigenvalue weighted by Gasteiger charge is 2.13. The van der Waals surface area contributed by atoms with Crippen LogP contribution in [0.25, 0.3) is 0 Å². The number of aromatic nitrogens is 4. The molecule has 0 aliphatic rings. The van der Waals surface area contributed by atoms with Crippen molar-refractivity contribution in [3.63, 3.8) is 0 Å². The van der Waals surface area contributed by atoms with Crippen LogP contribution >= 0.6 is 11.3 Å². The third-order valence-electron chi connectivity index (χ3n) is 2.07. The summed E-state index contributed by atoms with van der Waals surface area (Å²) in [5.41, 5.74) is 0.859. The zero-order valence-electron chi connectivity index (χ0n) is 9.24. The van der Waals surface area contributed by atoms with Gasteiger partial charge in [0, 0.05) is 10.5 Å². The van der Waals surface area contributed by atoms with Crippen molar-refractivity contribution in [3.8, 4) is 0 Å². The molecule has 0 fully saturated rings. The molecule has 8 heteroatoms. The van der Waals surface area contributed by atoms with Gasteiger partial charge in [0.1, 0.15) is 6.54 Å². The van der Waals surface area contributed by atoms with E-state index in [1.54, 1.807) is 11.3 Å². The lowest BCUT2D eigenvalue weighted by atomic mass is 10.3. The van der Waals surface area contributed by atoms with Gasteiger partial charge in [-0.15, -0.1) is 11.3 Å². The van der Waals surface area contributed by atoms with Crippen molar-refractivity contribution in [1.29, 1.82) is 0 Å². The summed E-state index contributed by atoms with van der Waals surface area (Å²) in [6.07, 6.45) is 3.36. The second kappa shape index (κ2) is 5.00. The van der Waals surface area contributed by atoms with E-state index in [1.165, 1.54) is 11.0 Å². The summed E-state index contributed by atoms with van der Waals surface area (Å²) in [7, 11) is 0. The van der Waals surface area contributed by atoms with Crippen molar-refractivity contribution in [1.82, 2.24) is 19.7 Å². The molecule has 2 aromatic rings. The molecule has 2 rings (SSSR count). The molecule has 17 heavy (non-hydrogen) atoms. The summed E-state index contributed by atoms with van der Waals surface area (Å²) in [6, 6.07) is 0. The maximum absolute atomic E-state index is 10.4. The molecule has 0 amide bonds. The standard InChI is InChI=1S/C9H11N5O2S/c1-2-3-8-11-7(5-17-8)4-13-6-10-9(12-13)14(15)16/h5-6H,2-4H2,1H3. The minimum Gasteiger partial charge on any atom is -0.390 e. The lowest BCUT2D eigenvalue weighted by molar-refractivity contribution is -0.394. The van der Waals surface area contributed by atoms with Gasteiger partial charge in [0.25, 0.3) is 0 Å². The monoisotopic (exact) mass is 253 g/mol. The molecular formula is C9H11N5O2S. The maximum atomic E-state index is 10.4. The second-order valence-electron chi connectivity index (χ2n) is 3.48. The Kier molecular flexibility index (Phi) is 3.43. The fourth-order valence-electron chi connectivity index (χ4n) is 1.36. The van der Waals surface area contributed by atoms with Crippen molar-refractivity contribution in [2.24, 2.45) is 0 Å². The molecule has 0 atom stereocenters. The number of nitrogens with zero attached hydrogens (tertiary/aromatic N) is 5. The van der Waals surface area contributed by atoms with E-state index in [9.17, 15) is 10.1 Å². The molecule has 2 aromatic heterocycles. The van der Waals surface area contributed by atoms with Gasteiger partial charge in [0.2, 0.25) is 6.33 Å². The SMILES string of the molecule is CCCc1nc(Cn2cnc([N+](=O)[O-])n2)cs1. The number of rotatable bonds is 5. The van der Waals surface area contributed by atoms with Crippen LogP contribution in [0.5, 0.6) is 0 Å². The largest absolute Gasteiger partial charge is 0.490 e. The Hall–Kier alpha value is -1.83. The summed E-state index contributed by atoms with van der Waals surface area (Å²) >= 11 is 1.60. The van der Waals surface area contributed by atoms with Crippen LogP contribution < -0.4 is 0 Å². The van der Waals surface area contributed by atoms with Gasteiger partial charge in [0.05, 0.1) is 10.7 Å². The predicted octanol–water partition coefficient (Wildman–Crippen LogP) is 1.64.